The lowest BCUT2D eigenvalue weighted by Crippen LogP contribution is -2.46. The summed E-state index contributed by atoms with van der Waals surface area (Å²) in [5, 5.41) is 9.89. The highest BCUT2D eigenvalue weighted by atomic mass is 16.7. The van der Waals surface area contributed by atoms with E-state index in [2.05, 4.69) is 6.07 Å². The van der Waals surface area contributed by atoms with Crippen molar-refractivity contribution in [3.63, 3.8) is 0 Å². The van der Waals surface area contributed by atoms with E-state index in [0.29, 0.717) is 38.3 Å². The van der Waals surface area contributed by atoms with Crippen LogP contribution >= 0.6 is 0 Å². The van der Waals surface area contributed by atoms with Crippen LogP contribution in [-0.4, -0.2) is 54.1 Å². The van der Waals surface area contributed by atoms with Crippen molar-refractivity contribution in [3.8, 4) is 6.07 Å². The maximum Gasteiger partial charge on any atom is 0.244 e. The smallest absolute Gasteiger partial charge is 0.244 e. The number of rotatable bonds is 8. The Bertz CT molecular complexity index is 691. The number of piperidine rings is 1. The largest absolute Gasteiger partial charge is 0.376 e. The molecule has 1 aromatic rings. The molecule has 152 valence electrons. The summed E-state index contributed by atoms with van der Waals surface area (Å²) in [4.78, 5) is 31.0. The molecule has 1 saturated heterocycles. The SMILES string of the molecule is CC(C)(C)ON(C=O)CC(=O)N1CCCC(COCc2ccc(C#N)cc2)C1. The number of nitrogens with zero attached hydrogens (tertiary/aromatic N) is 3. The molecule has 1 aliphatic rings. The van der Waals surface area contributed by atoms with Crippen molar-refractivity contribution in [2.75, 3.05) is 26.2 Å². The number of carbonyl (C=O) groups excluding carboxylic acids is 2. The number of amides is 2. The molecule has 0 bridgehead atoms. The third-order valence-electron chi connectivity index (χ3n) is 4.38. The maximum atomic E-state index is 12.5. The Morgan fingerprint density at radius 1 is 1.36 bits per heavy atom. The molecule has 28 heavy (non-hydrogen) atoms. The molecule has 1 aliphatic heterocycles. The van der Waals surface area contributed by atoms with Crippen LogP contribution in [-0.2, 0) is 25.8 Å². The first-order chi connectivity index (χ1) is 13.3. The van der Waals surface area contributed by atoms with Crippen molar-refractivity contribution in [1.82, 2.24) is 9.96 Å². The number of likely N-dealkylation sites (tertiary alicyclic amines) is 1. The van der Waals surface area contributed by atoms with Gasteiger partial charge < -0.3 is 9.64 Å². The van der Waals surface area contributed by atoms with Gasteiger partial charge in [-0.25, -0.2) is 5.06 Å². The Kier molecular flexibility index (Phi) is 7.97. The zero-order valence-electron chi connectivity index (χ0n) is 16.9. The van der Waals surface area contributed by atoms with E-state index < -0.39 is 5.60 Å². The Balaban J connectivity index is 1.78. The summed E-state index contributed by atoms with van der Waals surface area (Å²) in [5.41, 5.74) is 1.11. The normalized spacial score (nSPS) is 17.1. The molecule has 1 heterocycles. The number of hydroxylamine groups is 2. The van der Waals surface area contributed by atoms with E-state index >= 15 is 0 Å². The van der Waals surface area contributed by atoms with Gasteiger partial charge in [-0.15, -0.1) is 0 Å². The van der Waals surface area contributed by atoms with E-state index in [0.717, 1.165) is 23.5 Å². The third-order valence-corrected chi connectivity index (χ3v) is 4.38. The highest BCUT2D eigenvalue weighted by molar-refractivity contribution is 5.79. The van der Waals surface area contributed by atoms with Crippen molar-refractivity contribution in [1.29, 1.82) is 5.26 Å². The highest BCUT2D eigenvalue weighted by Gasteiger charge is 2.26. The van der Waals surface area contributed by atoms with Gasteiger partial charge in [-0.3, -0.25) is 14.4 Å². The summed E-state index contributed by atoms with van der Waals surface area (Å²) >= 11 is 0. The average Bonchev–Trinajstić information content (AvgIpc) is 2.67. The summed E-state index contributed by atoms with van der Waals surface area (Å²) in [6.45, 7) is 7.76. The summed E-state index contributed by atoms with van der Waals surface area (Å²) in [6, 6.07) is 9.42. The minimum atomic E-state index is -0.537. The molecule has 0 N–H and O–H groups in total. The lowest BCUT2D eigenvalue weighted by molar-refractivity contribution is -0.217. The van der Waals surface area contributed by atoms with E-state index in [1.165, 1.54) is 0 Å². The zero-order valence-corrected chi connectivity index (χ0v) is 16.9. The van der Waals surface area contributed by atoms with Gasteiger partial charge in [0.25, 0.3) is 0 Å². The molecule has 7 heteroatoms. The second kappa shape index (κ2) is 10.2. The monoisotopic (exact) mass is 387 g/mol. The summed E-state index contributed by atoms with van der Waals surface area (Å²) < 4.78 is 5.82. The van der Waals surface area contributed by atoms with Crippen LogP contribution in [0.5, 0.6) is 0 Å². The molecule has 0 aromatic heterocycles. The first kappa shape index (κ1) is 21.9. The second-order valence-corrected chi connectivity index (χ2v) is 8.06. The molecule has 0 spiro atoms. The van der Waals surface area contributed by atoms with E-state index in [1.54, 1.807) is 17.0 Å². The third kappa shape index (κ3) is 7.29. The fraction of sp³-hybridized carbons (Fsp3) is 0.571. The molecule has 1 unspecified atom stereocenters. The molecule has 1 atom stereocenters. The van der Waals surface area contributed by atoms with E-state index in [4.69, 9.17) is 14.8 Å². The Morgan fingerprint density at radius 3 is 2.68 bits per heavy atom. The molecule has 0 radical (unpaired) electrons. The molecule has 1 aromatic carbocycles. The van der Waals surface area contributed by atoms with Crippen LogP contribution in [0.25, 0.3) is 0 Å². The van der Waals surface area contributed by atoms with Gasteiger partial charge in [0.05, 0.1) is 30.4 Å². The molecule has 1 fully saturated rings. The van der Waals surface area contributed by atoms with Crippen LogP contribution in [0.4, 0.5) is 0 Å². The van der Waals surface area contributed by atoms with E-state index in [-0.39, 0.29) is 18.4 Å². The van der Waals surface area contributed by atoms with Crippen molar-refractivity contribution < 1.29 is 19.2 Å². The Morgan fingerprint density at radius 2 is 2.07 bits per heavy atom. The number of benzene rings is 1. The van der Waals surface area contributed by atoms with Gasteiger partial charge in [-0.05, 0) is 57.2 Å². The van der Waals surface area contributed by atoms with Crippen LogP contribution in [0, 0.1) is 17.2 Å². The number of nitriles is 1. The Labute approximate surface area is 166 Å². The van der Waals surface area contributed by atoms with E-state index in [9.17, 15) is 9.59 Å². The van der Waals surface area contributed by atoms with Crippen molar-refractivity contribution in [2.24, 2.45) is 5.92 Å². The average molecular weight is 387 g/mol. The van der Waals surface area contributed by atoms with Gasteiger partial charge in [0.2, 0.25) is 12.3 Å². The molecule has 7 nitrogen and oxygen atoms in total. The topological polar surface area (TPSA) is 82.9 Å². The first-order valence-electron chi connectivity index (χ1n) is 9.56. The van der Waals surface area contributed by atoms with Crippen molar-refractivity contribution in [3.05, 3.63) is 35.4 Å². The molecule has 2 rings (SSSR count). The lowest BCUT2D eigenvalue weighted by Gasteiger charge is -2.34. The minimum absolute atomic E-state index is 0.0837. The molecule has 0 saturated carbocycles. The molecule has 0 aliphatic carbocycles. The highest BCUT2D eigenvalue weighted by Crippen LogP contribution is 2.18. The summed E-state index contributed by atoms with van der Waals surface area (Å²) in [6.07, 6.45) is 2.47. The standard InChI is InChI=1S/C21H29N3O4/c1-21(2,3)28-24(16-25)13-20(26)23-10-4-5-19(12-23)15-27-14-18-8-6-17(11-22)7-9-18/h6-9,16,19H,4-5,10,12-15H2,1-3H3. The van der Waals surface area contributed by atoms with Gasteiger partial charge in [-0.2, -0.15) is 5.26 Å². The molecular formula is C21H29N3O4. The van der Waals surface area contributed by atoms with Crippen molar-refractivity contribution in [2.45, 2.75) is 45.8 Å². The zero-order chi connectivity index (χ0) is 20.6. The molecular weight excluding hydrogens is 358 g/mol. The van der Waals surface area contributed by atoms with Gasteiger partial charge in [-0.1, -0.05) is 12.1 Å². The van der Waals surface area contributed by atoms with Gasteiger partial charge in [0, 0.05) is 13.1 Å². The van der Waals surface area contributed by atoms with Crippen LogP contribution in [0.2, 0.25) is 0 Å². The predicted molar refractivity (Wildman–Crippen MR) is 104 cm³/mol. The Hall–Kier alpha value is -2.43. The van der Waals surface area contributed by atoms with Crippen LogP contribution < -0.4 is 0 Å². The number of carbonyl (C=O) groups is 2. The second-order valence-electron chi connectivity index (χ2n) is 8.06. The fourth-order valence-corrected chi connectivity index (χ4v) is 3.12. The fourth-order valence-electron chi connectivity index (χ4n) is 3.12. The van der Waals surface area contributed by atoms with Crippen LogP contribution in [0.1, 0.15) is 44.7 Å². The van der Waals surface area contributed by atoms with Gasteiger partial charge in [0.15, 0.2) is 0 Å². The quantitative estimate of drug-likeness (QED) is 0.506. The number of hydrogen-bond acceptors (Lipinski definition) is 5. The van der Waals surface area contributed by atoms with Gasteiger partial charge >= 0.3 is 0 Å². The summed E-state index contributed by atoms with van der Waals surface area (Å²) in [5.74, 6) is 0.150. The lowest BCUT2D eigenvalue weighted by atomic mass is 9.99. The minimum Gasteiger partial charge on any atom is -0.376 e. The molecule has 2 amide bonds. The van der Waals surface area contributed by atoms with Crippen LogP contribution in [0.3, 0.4) is 0 Å². The summed E-state index contributed by atoms with van der Waals surface area (Å²) in [7, 11) is 0. The number of ether oxygens (including phenoxy) is 1. The number of hydrogen-bond donors (Lipinski definition) is 0. The van der Waals surface area contributed by atoms with Gasteiger partial charge in [0.1, 0.15) is 6.54 Å². The van der Waals surface area contributed by atoms with Crippen LogP contribution in [0.15, 0.2) is 24.3 Å². The van der Waals surface area contributed by atoms with Crippen molar-refractivity contribution >= 4 is 12.3 Å². The predicted octanol–water partition coefficient (Wildman–Crippen LogP) is 2.50. The maximum absolute atomic E-state index is 12.5. The van der Waals surface area contributed by atoms with E-state index in [1.807, 2.05) is 32.9 Å². The first-order valence-corrected chi connectivity index (χ1v) is 9.56.